The van der Waals surface area contributed by atoms with E-state index < -0.39 is 0 Å². The predicted octanol–water partition coefficient (Wildman–Crippen LogP) is 12.9. The fourth-order valence-electron chi connectivity index (χ4n) is 7.63. The number of rotatable bonds is 7. The van der Waals surface area contributed by atoms with Crippen LogP contribution in [0.5, 0.6) is 0 Å². The van der Waals surface area contributed by atoms with Crippen LogP contribution in [-0.4, -0.2) is 14.5 Å². The van der Waals surface area contributed by atoms with Gasteiger partial charge in [0.25, 0.3) is 6.33 Å². The van der Waals surface area contributed by atoms with E-state index in [4.69, 9.17) is 9.40 Å². The van der Waals surface area contributed by atoms with Crippen molar-refractivity contribution < 1.29 is 29.1 Å². The summed E-state index contributed by atoms with van der Waals surface area (Å²) in [5.41, 5.74) is 13.7. The van der Waals surface area contributed by atoms with E-state index in [-0.39, 0.29) is 20.1 Å². The molecule has 6 heteroatoms. The normalized spacial score (nSPS) is 10.8. The molecule has 5 nitrogen and oxygen atoms in total. The Balaban J connectivity index is 0.000000316. The minimum atomic E-state index is 0. The fourth-order valence-corrected chi connectivity index (χ4v) is 7.63. The van der Waals surface area contributed by atoms with Crippen molar-refractivity contribution in [3.8, 4) is 67.4 Å². The summed E-state index contributed by atoms with van der Waals surface area (Å²) in [7, 11) is 0. The van der Waals surface area contributed by atoms with Crippen LogP contribution in [-0.2, 0) is 20.1 Å². The Labute approximate surface area is 368 Å². The van der Waals surface area contributed by atoms with Gasteiger partial charge in [-0.1, -0.05) is 157 Å². The molecule has 0 bridgehead atoms. The standard InChI is InChI=1S/C44H28N3O.C11H8N.Ir/c1-5-15-31(16-6-1)35-23-13-24-36(32-17-7-2-8-18-32)43(35)47-28-27-46(30-47)39-26-14-25-37-41-40(48-44(37)39)29-38(33-19-9-3-10-20-33)45-42(41)34-21-11-4-12-22-34;1-2-6-10(7-3-1)11-8-4-5-9-12-11;/h1-25,27-29H;1-6,8-9H;/q2*-1;+3. The van der Waals surface area contributed by atoms with Crippen LogP contribution in [0.15, 0.2) is 223 Å². The monoisotopic (exact) mass is 961 g/mol. The van der Waals surface area contributed by atoms with Gasteiger partial charge < -0.3 is 14.0 Å². The number of nitrogens with zero attached hydrogens (tertiary/aromatic N) is 4. The van der Waals surface area contributed by atoms with Crippen LogP contribution < -0.4 is 4.57 Å². The molecule has 4 heterocycles. The maximum atomic E-state index is 6.74. The Bertz CT molecular complexity index is 3080. The zero-order valence-corrected chi connectivity index (χ0v) is 35.2. The van der Waals surface area contributed by atoms with E-state index in [1.807, 2.05) is 120 Å². The average molecular weight is 961 g/mol. The first-order valence-corrected chi connectivity index (χ1v) is 19.8. The van der Waals surface area contributed by atoms with Gasteiger partial charge in [0.1, 0.15) is 5.58 Å². The van der Waals surface area contributed by atoms with E-state index in [9.17, 15) is 0 Å². The van der Waals surface area contributed by atoms with Gasteiger partial charge in [-0.2, -0.15) is 18.2 Å². The summed E-state index contributed by atoms with van der Waals surface area (Å²) >= 11 is 0. The van der Waals surface area contributed by atoms with Crippen LogP contribution in [0.2, 0.25) is 0 Å². The molecule has 0 atom stereocenters. The SMILES string of the molecule is [Ir+3].[c-]1ccc2c(oc3cc(-c4ccccc4)nc(-c4ccccc4)c32)c1-n1[c-][n+](-c2c(-c3ccccc3)cccc2-c2ccccc2)cc1.[c-]1ccccc1-c1ccccn1. The van der Waals surface area contributed by atoms with Crippen LogP contribution in [0.3, 0.4) is 0 Å². The van der Waals surface area contributed by atoms with Crippen molar-refractivity contribution in [2.45, 2.75) is 0 Å². The summed E-state index contributed by atoms with van der Waals surface area (Å²) in [6, 6.07) is 74.4. The maximum absolute atomic E-state index is 6.74. The van der Waals surface area contributed by atoms with E-state index >= 15 is 0 Å². The van der Waals surface area contributed by atoms with E-state index in [1.54, 1.807) is 6.20 Å². The van der Waals surface area contributed by atoms with Gasteiger partial charge in [0.05, 0.1) is 17.1 Å². The molecule has 0 amide bonds. The smallest absolute Gasteiger partial charge is 0.519 e. The van der Waals surface area contributed by atoms with Crippen molar-refractivity contribution in [3.63, 3.8) is 0 Å². The van der Waals surface area contributed by atoms with Crippen LogP contribution in [0, 0.1) is 18.5 Å². The molecule has 4 aromatic heterocycles. The minimum Gasteiger partial charge on any atom is -0.519 e. The zero-order chi connectivity index (χ0) is 40.1. The number of hydrogen-bond acceptors (Lipinski definition) is 3. The quantitative estimate of drug-likeness (QED) is 0.118. The molecule has 0 radical (unpaired) electrons. The Hall–Kier alpha value is -7.50. The number of pyridine rings is 2. The van der Waals surface area contributed by atoms with Crippen LogP contribution in [0.1, 0.15) is 0 Å². The molecule has 290 valence electrons. The Morgan fingerprint density at radius 1 is 0.541 bits per heavy atom. The summed E-state index contributed by atoms with van der Waals surface area (Å²) in [5, 5.41) is 1.96. The molecule has 0 aliphatic rings. The Morgan fingerprint density at radius 2 is 1.16 bits per heavy atom. The second kappa shape index (κ2) is 17.8. The molecule has 0 fully saturated rings. The first kappa shape index (κ1) is 39.0. The van der Waals surface area contributed by atoms with Crippen molar-refractivity contribution in [3.05, 3.63) is 237 Å². The number of para-hydroxylation sites is 1. The fraction of sp³-hybridized carbons (Fsp3) is 0. The number of imidazole rings is 1. The van der Waals surface area contributed by atoms with Crippen molar-refractivity contribution >= 4 is 21.9 Å². The number of hydrogen-bond donors (Lipinski definition) is 0. The molecule has 0 saturated carbocycles. The molecule has 0 N–H and O–H groups in total. The van der Waals surface area contributed by atoms with Crippen molar-refractivity contribution in [1.29, 1.82) is 0 Å². The van der Waals surface area contributed by atoms with E-state index in [2.05, 4.69) is 125 Å². The summed E-state index contributed by atoms with van der Waals surface area (Å²) in [6.07, 6.45) is 9.46. The van der Waals surface area contributed by atoms with Crippen LogP contribution >= 0.6 is 0 Å². The second-order valence-electron chi connectivity index (χ2n) is 14.2. The maximum Gasteiger partial charge on any atom is 3.00 e. The van der Waals surface area contributed by atoms with Crippen LogP contribution in [0.4, 0.5) is 0 Å². The van der Waals surface area contributed by atoms with Gasteiger partial charge in [-0.05, 0) is 39.7 Å². The summed E-state index contributed by atoms with van der Waals surface area (Å²) in [6.45, 7) is 0. The zero-order valence-electron chi connectivity index (χ0n) is 32.8. The Morgan fingerprint density at radius 3 is 1.79 bits per heavy atom. The van der Waals surface area contributed by atoms with Gasteiger partial charge in [0.2, 0.25) is 0 Å². The van der Waals surface area contributed by atoms with Gasteiger partial charge >= 0.3 is 20.1 Å². The van der Waals surface area contributed by atoms with E-state index in [0.717, 1.165) is 89.3 Å². The third kappa shape index (κ3) is 7.98. The van der Waals surface area contributed by atoms with Crippen molar-refractivity contribution in [2.75, 3.05) is 0 Å². The van der Waals surface area contributed by atoms with Gasteiger partial charge in [-0.15, -0.1) is 35.9 Å². The number of benzene rings is 7. The molecule has 7 aromatic carbocycles. The second-order valence-corrected chi connectivity index (χ2v) is 14.2. The first-order chi connectivity index (χ1) is 29.8. The molecule has 61 heavy (non-hydrogen) atoms. The topological polar surface area (TPSA) is 47.7 Å². The minimum absolute atomic E-state index is 0. The molecule has 0 aliphatic heterocycles. The average Bonchev–Trinajstić information content (AvgIpc) is 3.99. The summed E-state index contributed by atoms with van der Waals surface area (Å²) in [4.78, 5) is 9.42. The number of fused-ring (bicyclic) bond motifs is 3. The van der Waals surface area contributed by atoms with E-state index in [1.165, 1.54) is 0 Å². The van der Waals surface area contributed by atoms with Crippen molar-refractivity contribution in [2.24, 2.45) is 0 Å². The molecule has 0 unspecified atom stereocenters. The predicted molar refractivity (Wildman–Crippen MR) is 240 cm³/mol. The number of aromatic nitrogens is 4. The van der Waals surface area contributed by atoms with Gasteiger partial charge in [-0.25, -0.2) is 4.98 Å². The van der Waals surface area contributed by atoms with Gasteiger partial charge in [-0.3, -0.25) is 4.57 Å². The molecular weight excluding hydrogens is 925 g/mol. The molecule has 11 aromatic rings. The van der Waals surface area contributed by atoms with E-state index in [0.29, 0.717) is 0 Å². The molecule has 0 saturated heterocycles. The van der Waals surface area contributed by atoms with Crippen molar-refractivity contribution in [1.82, 2.24) is 14.5 Å². The summed E-state index contributed by atoms with van der Waals surface area (Å²) in [5.74, 6) is 0. The summed E-state index contributed by atoms with van der Waals surface area (Å²) < 4.78 is 10.8. The largest absolute Gasteiger partial charge is 3.00 e. The molecular formula is C55H36IrN4O+. The first-order valence-electron chi connectivity index (χ1n) is 19.8. The van der Waals surface area contributed by atoms with Gasteiger partial charge in [0.15, 0.2) is 0 Å². The van der Waals surface area contributed by atoms with Gasteiger partial charge in [0, 0.05) is 46.8 Å². The molecule has 11 rings (SSSR count). The molecule has 0 spiro atoms. The Kier molecular flexibility index (Phi) is 11.4. The molecule has 0 aliphatic carbocycles. The van der Waals surface area contributed by atoms with Crippen LogP contribution in [0.25, 0.3) is 89.3 Å². The third-order valence-electron chi connectivity index (χ3n) is 10.4. The number of furan rings is 1. The third-order valence-corrected chi connectivity index (χ3v) is 10.4.